The van der Waals surface area contributed by atoms with Crippen LogP contribution in [0.2, 0.25) is 10.0 Å². The molecule has 9 heteroatoms. The van der Waals surface area contributed by atoms with Crippen LogP contribution in [-0.2, 0) is 19.7 Å². The average molecular weight is 570 g/mol. The molecule has 0 radical (unpaired) electrons. The van der Waals surface area contributed by atoms with Gasteiger partial charge in [0.15, 0.2) is 5.96 Å². The summed E-state index contributed by atoms with van der Waals surface area (Å²) in [4.78, 5) is 18.5. The van der Waals surface area contributed by atoms with Crippen LogP contribution >= 0.6 is 47.2 Å². The molecule has 168 valence electrons. The highest BCUT2D eigenvalue weighted by atomic mass is 127. The zero-order chi connectivity index (χ0) is 20.9. The lowest BCUT2D eigenvalue weighted by Crippen LogP contribution is -2.51. The highest BCUT2D eigenvalue weighted by Gasteiger charge is 2.37. The Morgan fingerprint density at radius 1 is 1.30 bits per heavy atom. The zero-order valence-electron chi connectivity index (χ0n) is 17.5. The summed E-state index contributed by atoms with van der Waals surface area (Å²) in [5.74, 6) is 0.708. The highest BCUT2D eigenvalue weighted by molar-refractivity contribution is 14.0. The zero-order valence-corrected chi connectivity index (χ0v) is 21.3. The summed E-state index contributed by atoms with van der Waals surface area (Å²) in [6.07, 6.45) is 3.30. The lowest BCUT2D eigenvalue weighted by atomic mass is 9.74. The molecule has 30 heavy (non-hydrogen) atoms. The predicted molar refractivity (Wildman–Crippen MR) is 131 cm³/mol. The van der Waals surface area contributed by atoms with E-state index in [1.165, 1.54) is 7.11 Å². The standard InChI is InChI=1S/C21H29Cl2N3O3.HI/c1-24-20(26-9-5-15(6-10-26)19(27)28-2)25-14-21(7-11-29-12-8-21)17-4-3-16(22)13-18(17)23;/h3-4,13,15H,5-12,14H2,1-2H3,(H,24,25);1H. The highest BCUT2D eigenvalue weighted by Crippen LogP contribution is 2.39. The van der Waals surface area contributed by atoms with Crippen molar-refractivity contribution in [2.75, 3.05) is 47.0 Å². The first-order valence-electron chi connectivity index (χ1n) is 10.1. The minimum Gasteiger partial charge on any atom is -0.469 e. The maximum atomic E-state index is 11.8. The predicted octanol–water partition coefficient (Wildman–Crippen LogP) is 4.12. The Kier molecular flexibility index (Phi) is 9.97. The number of carbonyl (C=O) groups excluding carboxylic acids is 1. The summed E-state index contributed by atoms with van der Waals surface area (Å²) in [5.41, 5.74) is 0.958. The van der Waals surface area contributed by atoms with Crippen molar-refractivity contribution in [1.29, 1.82) is 0 Å². The number of hydrogen-bond acceptors (Lipinski definition) is 4. The third-order valence-electron chi connectivity index (χ3n) is 6.08. The van der Waals surface area contributed by atoms with Crippen LogP contribution < -0.4 is 5.32 Å². The van der Waals surface area contributed by atoms with Gasteiger partial charge in [-0.1, -0.05) is 29.3 Å². The average Bonchev–Trinajstić information content (AvgIpc) is 2.74. The van der Waals surface area contributed by atoms with Crippen molar-refractivity contribution in [1.82, 2.24) is 10.2 Å². The lowest BCUT2D eigenvalue weighted by molar-refractivity contribution is -0.146. The third kappa shape index (κ3) is 5.93. The minimum absolute atomic E-state index is 0. The molecule has 2 fully saturated rings. The quantitative estimate of drug-likeness (QED) is 0.256. The molecular weight excluding hydrogens is 540 g/mol. The molecular formula is C21H30Cl2IN3O3. The van der Waals surface area contributed by atoms with Crippen molar-refractivity contribution in [2.45, 2.75) is 31.1 Å². The maximum Gasteiger partial charge on any atom is 0.308 e. The molecule has 2 heterocycles. The molecule has 2 aliphatic heterocycles. The van der Waals surface area contributed by atoms with Gasteiger partial charge in [-0.3, -0.25) is 9.79 Å². The molecule has 1 aromatic rings. The summed E-state index contributed by atoms with van der Waals surface area (Å²) in [6.45, 7) is 3.66. The van der Waals surface area contributed by atoms with Crippen molar-refractivity contribution in [3.8, 4) is 0 Å². The molecule has 0 amide bonds. The number of halogens is 3. The van der Waals surface area contributed by atoms with Crippen LogP contribution in [0.4, 0.5) is 0 Å². The Morgan fingerprint density at radius 2 is 1.97 bits per heavy atom. The Morgan fingerprint density at radius 3 is 2.53 bits per heavy atom. The van der Waals surface area contributed by atoms with Gasteiger partial charge < -0.3 is 19.7 Å². The van der Waals surface area contributed by atoms with Crippen LogP contribution in [0.5, 0.6) is 0 Å². The molecule has 6 nitrogen and oxygen atoms in total. The van der Waals surface area contributed by atoms with E-state index in [0.29, 0.717) is 29.8 Å². The fraction of sp³-hybridized carbons (Fsp3) is 0.619. The second-order valence-corrected chi connectivity index (χ2v) is 8.55. The monoisotopic (exact) mass is 569 g/mol. The topological polar surface area (TPSA) is 63.2 Å². The molecule has 0 spiro atoms. The first kappa shape index (κ1) is 25.5. The number of likely N-dealkylation sites (tertiary alicyclic amines) is 1. The smallest absolute Gasteiger partial charge is 0.308 e. The van der Waals surface area contributed by atoms with E-state index in [1.54, 1.807) is 7.05 Å². The first-order chi connectivity index (χ1) is 14.0. The number of aliphatic imine (C=N–C) groups is 1. The molecule has 1 N–H and O–H groups in total. The van der Waals surface area contributed by atoms with Gasteiger partial charge in [0, 0.05) is 55.4 Å². The molecule has 0 aliphatic carbocycles. The van der Waals surface area contributed by atoms with Crippen LogP contribution in [0, 0.1) is 5.92 Å². The van der Waals surface area contributed by atoms with Gasteiger partial charge in [0.05, 0.1) is 13.0 Å². The van der Waals surface area contributed by atoms with E-state index in [-0.39, 0.29) is 41.3 Å². The number of nitrogens with one attached hydrogen (secondary N) is 1. The number of hydrogen-bond donors (Lipinski definition) is 1. The first-order valence-corrected chi connectivity index (χ1v) is 10.8. The lowest BCUT2D eigenvalue weighted by Gasteiger charge is -2.40. The molecule has 0 aromatic heterocycles. The Bertz CT molecular complexity index is 749. The molecule has 0 saturated carbocycles. The van der Waals surface area contributed by atoms with Gasteiger partial charge in [0.2, 0.25) is 0 Å². The molecule has 2 aliphatic rings. The van der Waals surface area contributed by atoms with Crippen LogP contribution in [0.15, 0.2) is 23.2 Å². The summed E-state index contributed by atoms with van der Waals surface area (Å²) in [7, 11) is 3.24. The van der Waals surface area contributed by atoms with E-state index in [1.807, 2.05) is 18.2 Å². The van der Waals surface area contributed by atoms with Crippen LogP contribution in [0.25, 0.3) is 0 Å². The Labute approximate surface area is 205 Å². The van der Waals surface area contributed by atoms with E-state index in [9.17, 15) is 4.79 Å². The third-order valence-corrected chi connectivity index (χ3v) is 6.63. The summed E-state index contributed by atoms with van der Waals surface area (Å²) in [6, 6.07) is 5.73. The van der Waals surface area contributed by atoms with Crippen molar-refractivity contribution in [3.05, 3.63) is 33.8 Å². The van der Waals surface area contributed by atoms with Crippen molar-refractivity contribution < 1.29 is 14.3 Å². The normalized spacial score (nSPS) is 19.7. The number of esters is 1. The maximum absolute atomic E-state index is 11.8. The Balaban J connectivity index is 0.00000320. The van der Waals surface area contributed by atoms with Gasteiger partial charge in [0.25, 0.3) is 0 Å². The van der Waals surface area contributed by atoms with E-state index >= 15 is 0 Å². The van der Waals surface area contributed by atoms with Gasteiger partial charge in [-0.2, -0.15) is 0 Å². The summed E-state index contributed by atoms with van der Waals surface area (Å²) in [5, 5.41) is 4.89. The number of benzene rings is 1. The van der Waals surface area contributed by atoms with E-state index in [2.05, 4.69) is 15.2 Å². The van der Waals surface area contributed by atoms with Gasteiger partial charge in [-0.05, 0) is 43.4 Å². The number of methoxy groups -OCH3 is 1. The number of ether oxygens (including phenoxy) is 2. The summed E-state index contributed by atoms with van der Waals surface area (Å²) < 4.78 is 10.5. The summed E-state index contributed by atoms with van der Waals surface area (Å²) >= 11 is 12.7. The van der Waals surface area contributed by atoms with E-state index in [0.717, 1.165) is 50.3 Å². The molecule has 0 bridgehead atoms. The van der Waals surface area contributed by atoms with Gasteiger partial charge in [0.1, 0.15) is 0 Å². The van der Waals surface area contributed by atoms with Crippen molar-refractivity contribution in [2.24, 2.45) is 10.9 Å². The molecule has 3 rings (SSSR count). The largest absolute Gasteiger partial charge is 0.469 e. The fourth-order valence-corrected chi connectivity index (χ4v) is 4.91. The van der Waals surface area contributed by atoms with Crippen molar-refractivity contribution in [3.63, 3.8) is 0 Å². The van der Waals surface area contributed by atoms with Crippen molar-refractivity contribution >= 4 is 59.1 Å². The number of piperidine rings is 1. The Hall–Kier alpha value is -0.770. The molecule has 0 atom stereocenters. The second kappa shape index (κ2) is 11.7. The van der Waals surface area contributed by atoms with Gasteiger partial charge in [-0.25, -0.2) is 0 Å². The fourth-order valence-electron chi connectivity index (χ4n) is 4.30. The number of nitrogens with zero attached hydrogens (tertiary/aromatic N) is 2. The number of carbonyl (C=O) groups is 1. The van der Waals surface area contributed by atoms with E-state index < -0.39 is 0 Å². The second-order valence-electron chi connectivity index (χ2n) is 7.70. The SMILES string of the molecule is CN=C(NCC1(c2ccc(Cl)cc2Cl)CCOCC1)N1CCC(C(=O)OC)CC1.I. The van der Waals surface area contributed by atoms with E-state index in [4.69, 9.17) is 32.7 Å². The van der Waals surface area contributed by atoms with Gasteiger partial charge >= 0.3 is 5.97 Å². The minimum atomic E-state index is -0.139. The molecule has 0 unspecified atom stereocenters. The molecule has 1 aromatic carbocycles. The van der Waals surface area contributed by atoms with Crippen LogP contribution in [-0.4, -0.2) is 63.8 Å². The van der Waals surface area contributed by atoms with Crippen LogP contribution in [0.1, 0.15) is 31.2 Å². The number of rotatable bonds is 4. The van der Waals surface area contributed by atoms with Gasteiger partial charge in [-0.15, -0.1) is 24.0 Å². The van der Waals surface area contributed by atoms with Crippen LogP contribution in [0.3, 0.4) is 0 Å². The molecule has 2 saturated heterocycles. The number of guanidine groups is 1.